The lowest BCUT2D eigenvalue weighted by Gasteiger charge is -2.27. The second-order valence-corrected chi connectivity index (χ2v) is 7.44. The average Bonchev–Trinajstić information content (AvgIpc) is 2.72. The molecule has 1 saturated carbocycles. The maximum absolute atomic E-state index is 10.8. The summed E-state index contributed by atoms with van der Waals surface area (Å²) in [5.41, 5.74) is 1.06. The standard InChI is InChI=1S/C20H30N4O3/c25-24(26)18-11-9-16(10-12-18)14-21-20(23-17-6-2-1-3-7-17)22-15-19-8-4-5-13-27-19/h9-12,17,19H,1-8,13-15H2,(H2,21,22,23). The van der Waals surface area contributed by atoms with Crippen LogP contribution in [0.4, 0.5) is 5.69 Å². The Bertz CT molecular complexity index is 621. The van der Waals surface area contributed by atoms with Gasteiger partial charge in [0.1, 0.15) is 0 Å². The van der Waals surface area contributed by atoms with Gasteiger partial charge in [-0.3, -0.25) is 10.1 Å². The van der Waals surface area contributed by atoms with Gasteiger partial charge in [0.25, 0.3) is 5.69 Å². The number of aliphatic imine (C=N–C) groups is 1. The smallest absolute Gasteiger partial charge is 0.269 e. The Balaban J connectivity index is 1.59. The monoisotopic (exact) mass is 374 g/mol. The Hall–Kier alpha value is -2.15. The highest BCUT2D eigenvalue weighted by Gasteiger charge is 2.17. The first-order valence-electron chi connectivity index (χ1n) is 10.1. The fourth-order valence-electron chi connectivity index (χ4n) is 3.67. The molecule has 0 bridgehead atoms. The molecule has 0 radical (unpaired) electrons. The van der Waals surface area contributed by atoms with Gasteiger partial charge in [-0.05, 0) is 37.7 Å². The zero-order chi connectivity index (χ0) is 18.9. The summed E-state index contributed by atoms with van der Waals surface area (Å²) in [6.07, 6.45) is 9.91. The van der Waals surface area contributed by atoms with Crippen LogP contribution in [0.5, 0.6) is 0 Å². The zero-order valence-corrected chi connectivity index (χ0v) is 15.9. The fraction of sp³-hybridized carbons (Fsp3) is 0.650. The molecule has 148 valence electrons. The number of nitrogens with zero attached hydrogens (tertiary/aromatic N) is 2. The van der Waals surface area contributed by atoms with Gasteiger partial charge in [-0.15, -0.1) is 0 Å². The molecule has 2 fully saturated rings. The number of nitro benzene ring substituents is 1. The normalized spacial score (nSPS) is 21.6. The van der Waals surface area contributed by atoms with Gasteiger partial charge in [0.2, 0.25) is 0 Å². The Kier molecular flexibility index (Phi) is 7.45. The van der Waals surface area contributed by atoms with Gasteiger partial charge in [-0.25, -0.2) is 4.99 Å². The summed E-state index contributed by atoms with van der Waals surface area (Å²) in [5, 5.41) is 17.8. The Morgan fingerprint density at radius 3 is 2.52 bits per heavy atom. The summed E-state index contributed by atoms with van der Waals surface area (Å²) in [6, 6.07) is 7.06. The third kappa shape index (κ3) is 6.50. The van der Waals surface area contributed by atoms with Crippen molar-refractivity contribution in [1.82, 2.24) is 10.6 Å². The summed E-state index contributed by atoms with van der Waals surface area (Å²) < 4.78 is 5.81. The van der Waals surface area contributed by atoms with E-state index in [9.17, 15) is 10.1 Å². The second-order valence-electron chi connectivity index (χ2n) is 7.44. The molecule has 27 heavy (non-hydrogen) atoms. The van der Waals surface area contributed by atoms with Crippen LogP contribution in [0.25, 0.3) is 0 Å². The van der Waals surface area contributed by atoms with Crippen molar-refractivity contribution in [2.24, 2.45) is 4.99 Å². The van der Waals surface area contributed by atoms with Gasteiger partial charge < -0.3 is 15.4 Å². The summed E-state index contributed by atoms with van der Waals surface area (Å²) in [4.78, 5) is 15.1. The van der Waals surface area contributed by atoms with E-state index in [4.69, 9.17) is 9.73 Å². The molecule has 1 atom stereocenters. The average molecular weight is 374 g/mol. The molecule has 0 amide bonds. The lowest BCUT2D eigenvalue weighted by Crippen LogP contribution is -2.47. The first-order valence-corrected chi connectivity index (χ1v) is 10.1. The van der Waals surface area contributed by atoms with Crippen LogP contribution in [-0.2, 0) is 11.3 Å². The maximum atomic E-state index is 10.8. The van der Waals surface area contributed by atoms with E-state index in [1.807, 2.05) is 0 Å². The zero-order valence-electron chi connectivity index (χ0n) is 15.9. The first kappa shape index (κ1) is 19.6. The molecule has 1 saturated heterocycles. The minimum Gasteiger partial charge on any atom is -0.376 e. The van der Waals surface area contributed by atoms with Crippen LogP contribution < -0.4 is 10.6 Å². The first-order chi connectivity index (χ1) is 13.2. The van der Waals surface area contributed by atoms with Gasteiger partial charge in [-0.2, -0.15) is 0 Å². The van der Waals surface area contributed by atoms with Crippen molar-refractivity contribution in [3.8, 4) is 0 Å². The van der Waals surface area contributed by atoms with Crippen molar-refractivity contribution in [2.45, 2.75) is 70.1 Å². The number of rotatable bonds is 6. The molecule has 7 heteroatoms. The Morgan fingerprint density at radius 2 is 1.85 bits per heavy atom. The molecule has 1 aromatic rings. The van der Waals surface area contributed by atoms with E-state index in [0.29, 0.717) is 12.6 Å². The number of benzene rings is 1. The topological polar surface area (TPSA) is 88.8 Å². The number of nitro groups is 1. The van der Waals surface area contributed by atoms with Crippen LogP contribution in [0.15, 0.2) is 29.3 Å². The molecule has 0 spiro atoms. The van der Waals surface area contributed by atoms with E-state index >= 15 is 0 Å². The van der Waals surface area contributed by atoms with E-state index in [0.717, 1.165) is 37.5 Å². The van der Waals surface area contributed by atoms with Crippen LogP contribution in [0.1, 0.15) is 56.9 Å². The summed E-state index contributed by atoms with van der Waals surface area (Å²) in [7, 11) is 0. The van der Waals surface area contributed by atoms with Gasteiger partial charge >= 0.3 is 0 Å². The van der Waals surface area contributed by atoms with Crippen molar-refractivity contribution in [2.75, 3.05) is 13.2 Å². The fourth-order valence-corrected chi connectivity index (χ4v) is 3.67. The molecule has 1 aromatic carbocycles. The highest BCUT2D eigenvalue weighted by atomic mass is 16.6. The van der Waals surface area contributed by atoms with Crippen molar-refractivity contribution >= 4 is 11.6 Å². The van der Waals surface area contributed by atoms with Crippen molar-refractivity contribution < 1.29 is 9.66 Å². The molecule has 7 nitrogen and oxygen atoms in total. The number of hydrogen-bond donors (Lipinski definition) is 2. The second kappa shape index (κ2) is 10.3. The third-order valence-electron chi connectivity index (χ3n) is 5.28. The molecular formula is C20H30N4O3. The van der Waals surface area contributed by atoms with Gasteiger partial charge in [0, 0.05) is 31.3 Å². The van der Waals surface area contributed by atoms with Crippen molar-refractivity contribution in [1.29, 1.82) is 0 Å². The molecule has 1 heterocycles. The van der Waals surface area contributed by atoms with Crippen LogP contribution in [0.2, 0.25) is 0 Å². The molecule has 1 aliphatic heterocycles. The summed E-state index contributed by atoms with van der Waals surface area (Å²) in [5.74, 6) is 0.814. The van der Waals surface area contributed by atoms with Gasteiger partial charge in [0.05, 0.1) is 17.6 Å². The van der Waals surface area contributed by atoms with Crippen LogP contribution in [-0.4, -0.2) is 36.2 Å². The molecule has 2 N–H and O–H groups in total. The Morgan fingerprint density at radius 1 is 1.11 bits per heavy atom. The van der Waals surface area contributed by atoms with Crippen LogP contribution >= 0.6 is 0 Å². The number of ether oxygens (including phenoxy) is 1. The van der Waals surface area contributed by atoms with Crippen molar-refractivity contribution in [3.05, 3.63) is 39.9 Å². The largest absolute Gasteiger partial charge is 0.376 e. The van der Waals surface area contributed by atoms with E-state index in [-0.39, 0.29) is 16.7 Å². The summed E-state index contributed by atoms with van der Waals surface area (Å²) >= 11 is 0. The third-order valence-corrected chi connectivity index (χ3v) is 5.28. The highest BCUT2D eigenvalue weighted by Crippen LogP contribution is 2.18. The van der Waals surface area contributed by atoms with Crippen LogP contribution in [0.3, 0.4) is 0 Å². The number of guanidine groups is 1. The predicted octanol–water partition coefficient (Wildman–Crippen LogP) is 3.53. The predicted molar refractivity (Wildman–Crippen MR) is 106 cm³/mol. The number of non-ortho nitro benzene ring substituents is 1. The van der Waals surface area contributed by atoms with Crippen LogP contribution in [0, 0.1) is 10.1 Å². The molecule has 3 rings (SSSR count). The molecule has 1 aliphatic carbocycles. The molecule has 1 unspecified atom stereocenters. The quantitative estimate of drug-likeness (QED) is 0.344. The molecular weight excluding hydrogens is 344 g/mol. The van der Waals surface area contributed by atoms with Gasteiger partial charge in [-0.1, -0.05) is 31.4 Å². The lowest BCUT2D eigenvalue weighted by atomic mass is 9.96. The lowest BCUT2D eigenvalue weighted by molar-refractivity contribution is -0.384. The maximum Gasteiger partial charge on any atom is 0.269 e. The van der Waals surface area contributed by atoms with E-state index in [1.165, 1.54) is 50.7 Å². The number of nitrogens with one attached hydrogen (secondary N) is 2. The minimum absolute atomic E-state index is 0.107. The van der Waals surface area contributed by atoms with E-state index in [1.54, 1.807) is 12.1 Å². The number of hydrogen-bond acceptors (Lipinski definition) is 4. The van der Waals surface area contributed by atoms with Gasteiger partial charge in [0.15, 0.2) is 5.96 Å². The SMILES string of the molecule is O=[N+]([O-])c1ccc(CN=C(NCC2CCCCO2)NC2CCCCC2)cc1. The summed E-state index contributed by atoms with van der Waals surface area (Å²) in [6.45, 7) is 2.10. The Labute approximate surface area is 160 Å². The van der Waals surface area contributed by atoms with E-state index in [2.05, 4.69) is 10.6 Å². The van der Waals surface area contributed by atoms with Crippen molar-refractivity contribution in [3.63, 3.8) is 0 Å². The molecule has 2 aliphatic rings. The molecule has 0 aromatic heterocycles. The van der Waals surface area contributed by atoms with E-state index < -0.39 is 0 Å². The highest BCUT2D eigenvalue weighted by molar-refractivity contribution is 5.80. The minimum atomic E-state index is -0.380.